The molecule has 1 aliphatic rings. The van der Waals surface area contributed by atoms with Crippen LogP contribution in [0.15, 0.2) is 67.1 Å². The zero-order chi connectivity index (χ0) is 26.2. The molecular weight excluding hydrogens is 495 g/mol. The fourth-order valence-corrected chi connectivity index (χ4v) is 5.10. The van der Waals surface area contributed by atoms with Crippen molar-refractivity contribution in [3.63, 3.8) is 0 Å². The van der Waals surface area contributed by atoms with Crippen LogP contribution in [0.2, 0.25) is 0 Å². The van der Waals surface area contributed by atoms with E-state index in [4.69, 9.17) is 9.72 Å². The molecule has 0 amide bonds. The van der Waals surface area contributed by atoms with Gasteiger partial charge in [0.2, 0.25) is 0 Å². The lowest BCUT2D eigenvalue weighted by Gasteiger charge is -2.15. The van der Waals surface area contributed by atoms with Crippen molar-refractivity contribution < 1.29 is 9.13 Å². The molecule has 1 aliphatic heterocycles. The molecule has 0 saturated carbocycles. The summed E-state index contributed by atoms with van der Waals surface area (Å²) >= 11 is 0. The summed E-state index contributed by atoms with van der Waals surface area (Å²) in [7, 11) is 0. The molecule has 0 bridgehead atoms. The number of hydrogen-bond donors (Lipinski definition) is 2. The minimum absolute atomic E-state index is 0.385. The van der Waals surface area contributed by atoms with Gasteiger partial charge < -0.3 is 9.72 Å². The molecule has 2 N–H and O–H groups in total. The normalized spacial score (nSPS) is 14.0. The van der Waals surface area contributed by atoms with Crippen LogP contribution in [0.4, 0.5) is 4.39 Å². The summed E-state index contributed by atoms with van der Waals surface area (Å²) in [6.07, 6.45) is 7.65. The molecule has 6 heterocycles. The predicted octanol–water partition coefficient (Wildman–Crippen LogP) is 5.24. The highest BCUT2D eigenvalue weighted by atomic mass is 19.1. The number of halogens is 1. The highest BCUT2D eigenvalue weighted by Gasteiger charge is 2.18. The molecule has 39 heavy (non-hydrogen) atoms. The lowest BCUT2D eigenvalue weighted by Crippen LogP contribution is -2.25. The van der Waals surface area contributed by atoms with Gasteiger partial charge in [0.25, 0.3) is 0 Å². The second kappa shape index (κ2) is 9.88. The van der Waals surface area contributed by atoms with Crippen molar-refractivity contribution in [2.24, 2.45) is 0 Å². The van der Waals surface area contributed by atoms with E-state index >= 15 is 0 Å². The third-order valence-electron chi connectivity index (χ3n) is 7.02. The molecule has 1 fully saturated rings. The number of pyridine rings is 3. The third-order valence-corrected chi connectivity index (χ3v) is 7.02. The Labute approximate surface area is 223 Å². The van der Waals surface area contributed by atoms with Crippen molar-refractivity contribution in [2.45, 2.75) is 12.8 Å². The van der Waals surface area contributed by atoms with Gasteiger partial charge in [-0.05, 0) is 62.3 Å². The number of imidazole rings is 1. The van der Waals surface area contributed by atoms with E-state index in [9.17, 15) is 4.39 Å². The second-order valence-corrected chi connectivity index (χ2v) is 9.62. The third kappa shape index (κ3) is 4.59. The first-order valence-corrected chi connectivity index (χ1v) is 13.0. The Hall–Kier alpha value is -4.70. The zero-order valence-corrected chi connectivity index (χ0v) is 21.1. The molecule has 0 atom stereocenters. The summed E-state index contributed by atoms with van der Waals surface area (Å²) in [5, 5.41) is 8.28. The molecule has 5 aromatic heterocycles. The van der Waals surface area contributed by atoms with Gasteiger partial charge in [-0.15, -0.1) is 0 Å². The molecule has 0 unspecified atom stereocenters. The van der Waals surface area contributed by atoms with Crippen molar-refractivity contribution in [2.75, 3.05) is 26.2 Å². The number of rotatable bonds is 7. The first kappa shape index (κ1) is 23.4. The molecule has 9 nitrogen and oxygen atoms in total. The van der Waals surface area contributed by atoms with E-state index in [-0.39, 0.29) is 5.82 Å². The Kier molecular flexibility index (Phi) is 5.93. The largest absolute Gasteiger partial charge is 0.492 e. The van der Waals surface area contributed by atoms with E-state index < -0.39 is 0 Å². The van der Waals surface area contributed by atoms with E-state index in [0.29, 0.717) is 46.3 Å². The van der Waals surface area contributed by atoms with Crippen LogP contribution in [0.5, 0.6) is 5.75 Å². The van der Waals surface area contributed by atoms with Gasteiger partial charge in [0.15, 0.2) is 11.5 Å². The highest BCUT2D eigenvalue weighted by molar-refractivity contribution is 5.96. The maximum atomic E-state index is 14.6. The van der Waals surface area contributed by atoms with Gasteiger partial charge in [0.1, 0.15) is 29.4 Å². The number of H-pyrrole nitrogens is 2. The number of hydrogen-bond acceptors (Lipinski definition) is 7. The van der Waals surface area contributed by atoms with E-state index in [1.54, 1.807) is 18.6 Å². The molecule has 0 aliphatic carbocycles. The van der Waals surface area contributed by atoms with Crippen LogP contribution in [0.25, 0.3) is 56.1 Å². The molecule has 1 saturated heterocycles. The number of likely N-dealkylation sites (tertiary alicyclic amines) is 1. The van der Waals surface area contributed by atoms with Gasteiger partial charge in [-0.2, -0.15) is 5.10 Å². The van der Waals surface area contributed by atoms with E-state index in [1.807, 2.05) is 36.4 Å². The molecule has 0 spiro atoms. The molecule has 1 aromatic carbocycles. The SMILES string of the molecule is Fc1cc(OCCN2CCCC2)cc(-c2nccc3[nH]c(-c4n[nH]c5ncc(-c6ccccn6)cc45)nc23)c1. The minimum atomic E-state index is -0.385. The van der Waals surface area contributed by atoms with Gasteiger partial charge in [-0.1, -0.05) is 6.07 Å². The Morgan fingerprint density at radius 2 is 1.85 bits per heavy atom. The smallest absolute Gasteiger partial charge is 0.159 e. The van der Waals surface area contributed by atoms with Crippen molar-refractivity contribution in [3.05, 3.63) is 72.9 Å². The second-order valence-electron chi connectivity index (χ2n) is 9.62. The van der Waals surface area contributed by atoms with Crippen LogP contribution >= 0.6 is 0 Å². The lowest BCUT2D eigenvalue weighted by molar-refractivity contribution is 0.237. The van der Waals surface area contributed by atoms with Crippen LogP contribution in [0, 0.1) is 5.82 Å². The molecule has 194 valence electrons. The number of fused-ring (bicyclic) bond motifs is 2. The van der Waals surface area contributed by atoms with Crippen LogP contribution in [-0.4, -0.2) is 66.3 Å². The zero-order valence-electron chi connectivity index (χ0n) is 21.1. The van der Waals surface area contributed by atoms with Gasteiger partial charge in [0.05, 0.1) is 22.3 Å². The monoisotopic (exact) mass is 520 g/mol. The van der Waals surface area contributed by atoms with Gasteiger partial charge >= 0.3 is 0 Å². The summed E-state index contributed by atoms with van der Waals surface area (Å²) in [4.78, 5) is 24.1. The molecule has 7 rings (SSSR count). The number of nitrogens with one attached hydrogen (secondary N) is 2. The van der Waals surface area contributed by atoms with Gasteiger partial charge in [-0.25, -0.2) is 14.4 Å². The fraction of sp³-hybridized carbons (Fsp3) is 0.207. The van der Waals surface area contributed by atoms with Crippen molar-refractivity contribution in [3.8, 4) is 39.8 Å². The van der Waals surface area contributed by atoms with Gasteiger partial charge in [-0.3, -0.25) is 20.0 Å². The summed E-state index contributed by atoms with van der Waals surface area (Å²) in [5.41, 5.74) is 5.51. The van der Waals surface area contributed by atoms with E-state index in [2.05, 4.69) is 35.0 Å². The van der Waals surface area contributed by atoms with E-state index in [0.717, 1.165) is 41.8 Å². The van der Waals surface area contributed by atoms with Gasteiger partial charge in [0, 0.05) is 42.3 Å². The van der Waals surface area contributed by atoms with Crippen molar-refractivity contribution >= 4 is 22.1 Å². The number of aromatic amines is 2. The first-order chi connectivity index (χ1) is 19.2. The van der Waals surface area contributed by atoms with Crippen LogP contribution < -0.4 is 4.74 Å². The molecule has 10 heteroatoms. The highest BCUT2D eigenvalue weighted by Crippen LogP contribution is 2.32. The Morgan fingerprint density at radius 3 is 2.72 bits per heavy atom. The van der Waals surface area contributed by atoms with Crippen molar-refractivity contribution in [1.82, 2.24) is 40.0 Å². The van der Waals surface area contributed by atoms with E-state index in [1.165, 1.54) is 25.0 Å². The summed E-state index contributed by atoms with van der Waals surface area (Å²) in [6.45, 7) is 3.53. The molecular formula is C29H25FN8O. The number of ether oxygens (including phenoxy) is 1. The number of nitrogens with zero attached hydrogens (tertiary/aromatic N) is 6. The Morgan fingerprint density at radius 1 is 0.923 bits per heavy atom. The van der Waals surface area contributed by atoms with Crippen LogP contribution in [0.1, 0.15) is 12.8 Å². The average Bonchev–Trinajstić information content (AvgIpc) is 3.72. The molecule has 0 radical (unpaired) electrons. The summed E-state index contributed by atoms with van der Waals surface area (Å²) in [5.74, 6) is 0.652. The number of aromatic nitrogens is 7. The average molecular weight is 521 g/mol. The Balaban J connectivity index is 1.23. The lowest BCUT2D eigenvalue weighted by atomic mass is 10.1. The van der Waals surface area contributed by atoms with Crippen molar-refractivity contribution in [1.29, 1.82) is 0 Å². The topological polar surface area (TPSA) is 108 Å². The minimum Gasteiger partial charge on any atom is -0.492 e. The number of benzene rings is 1. The predicted molar refractivity (Wildman–Crippen MR) is 147 cm³/mol. The standard InChI is InChI=1S/C29H25FN8O/c30-20-13-18(14-21(16-20)39-12-11-38-9-3-4-10-38)25-27-24(6-8-32-25)34-29(35-27)26-22-15-19(17-33-28(22)37-36-26)23-5-1-2-7-31-23/h1-2,5-8,13-17H,3-4,9-12H2,(H,34,35)(H,33,36,37). The fourth-order valence-electron chi connectivity index (χ4n) is 5.10. The molecule has 6 aromatic rings. The quantitative estimate of drug-likeness (QED) is 0.296. The first-order valence-electron chi connectivity index (χ1n) is 13.0. The Bertz CT molecular complexity index is 1780. The van der Waals surface area contributed by atoms with Crippen LogP contribution in [0.3, 0.4) is 0 Å². The summed E-state index contributed by atoms with van der Waals surface area (Å²) in [6, 6.07) is 14.3. The summed E-state index contributed by atoms with van der Waals surface area (Å²) < 4.78 is 20.6. The van der Waals surface area contributed by atoms with Crippen LogP contribution in [-0.2, 0) is 0 Å². The maximum Gasteiger partial charge on any atom is 0.159 e. The maximum absolute atomic E-state index is 14.6.